The van der Waals surface area contributed by atoms with Crippen molar-refractivity contribution in [2.24, 2.45) is 0 Å². The lowest BCUT2D eigenvalue weighted by Gasteiger charge is -2.24. The first kappa shape index (κ1) is 20.6. The Morgan fingerprint density at radius 3 is 2.56 bits per heavy atom. The number of carbonyl (C=O) groups excluding carboxylic acids is 1. The minimum Gasteiger partial charge on any atom is -0.495 e. The molecule has 1 N–H and O–H groups in total. The first-order chi connectivity index (χ1) is 12.7. The van der Waals surface area contributed by atoms with Crippen molar-refractivity contribution >= 4 is 27.3 Å². The van der Waals surface area contributed by atoms with Gasteiger partial charge in [-0.1, -0.05) is 12.1 Å². The lowest BCUT2D eigenvalue weighted by atomic mass is 10.2. The molecule has 0 radical (unpaired) electrons. The maximum Gasteiger partial charge on any atom is 0.245 e. The van der Waals surface area contributed by atoms with Crippen molar-refractivity contribution in [3.63, 3.8) is 0 Å². The molecule has 7 nitrogen and oxygen atoms in total. The molecule has 0 fully saturated rings. The summed E-state index contributed by atoms with van der Waals surface area (Å²) in [5, 5.41) is 2.70. The van der Waals surface area contributed by atoms with Gasteiger partial charge in [0.25, 0.3) is 0 Å². The fourth-order valence-corrected chi connectivity index (χ4v) is 3.39. The van der Waals surface area contributed by atoms with Crippen LogP contribution >= 0.6 is 0 Å². The summed E-state index contributed by atoms with van der Waals surface area (Å²) in [4.78, 5) is 12.5. The Balaban J connectivity index is 2.26. The van der Waals surface area contributed by atoms with Gasteiger partial charge in [0, 0.05) is 11.8 Å². The van der Waals surface area contributed by atoms with Gasteiger partial charge in [0.1, 0.15) is 18.0 Å². The summed E-state index contributed by atoms with van der Waals surface area (Å²) in [5.41, 5.74) is 1.69. The predicted octanol–water partition coefficient (Wildman–Crippen LogP) is 2.81. The number of nitrogens with one attached hydrogen (secondary N) is 1. The number of ether oxygens (including phenoxy) is 2. The summed E-state index contributed by atoms with van der Waals surface area (Å²) in [6.07, 6.45) is 1.05. The van der Waals surface area contributed by atoms with Crippen LogP contribution in [0.3, 0.4) is 0 Å². The maximum atomic E-state index is 12.5. The highest BCUT2D eigenvalue weighted by Gasteiger charge is 2.24. The minimum atomic E-state index is -3.70. The largest absolute Gasteiger partial charge is 0.495 e. The fraction of sp³-hybridized carbons (Fsp3) is 0.316. The molecule has 0 aromatic heterocycles. The monoisotopic (exact) mass is 392 g/mol. The second-order valence-corrected chi connectivity index (χ2v) is 7.86. The van der Waals surface area contributed by atoms with Crippen LogP contribution in [0.5, 0.6) is 11.5 Å². The molecule has 146 valence electrons. The average Bonchev–Trinajstić information content (AvgIpc) is 2.59. The van der Waals surface area contributed by atoms with Crippen molar-refractivity contribution in [2.75, 3.05) is 36.1 Å². The van der Waals surface area contributed by atoms with E-state index in [4.69, 9.17) is 9.47 Å². The van der Waals surface area contributed by atoms with Gasteiger partial charge in [-0.05, 0) is 43.7 Å². The molecule has 1 amide bonds. The zero-order valence-electron chi connectivity index (χ0n) is 15.9. The average molecular weight is 392 g/mol. The Kier molecular flexibility index (Phi) is 6.68. The molecule has 8 heteroatoms. The number of hydrogen-bond donors (Lipinski definition) is 1. The number of methoxy groups -OCH3 is 1. The Morgan fingerprint density at radius 1 is 1.19 bits per heavy atom. The molecule has 0 spiro atoms. The zero-order chi connectivity index (χ0) is 20.0. The zero-order valence-corrected chi connectivity index (χ0v) is 16.7. The van der Waals surface area contributed by atoms with Gasteiger partial charge in [0.05, 0.1) is 25.7 Å². The standard InChI is InChI=1S/C19H24N2O5S/c1-5-26-16-8-6-7-15(12-16)20-19(22)13-21(27(4,23)24)17-11-14(2)9-10-18(17)25-3/h6-12H,5,13H2,1-4H3,(H,20,22). The van der Waals surface area contributed by atoms with E-state index in [-0.39, 0.29) is 6.54 Å². The highest BCUT2D eigenvalue weighted by Crippen LogP contribution is 2.31. The Labute approximate surface area is 160 Å². The van der Waals surface area contributed by atoms with Crippen LogP contribution in [0.2, 0.25) is 0 Å². The van der Waals surface area contributed by atoms with Gasteiger partial charge in [-0.2, -0.15) is 0 Å². The van der Waals surface area contributed by atoms with Gasteiger partial charge in [0.2, 0.25) is 15.9 Å². The van der Waals surface area contributed by atoms with E-state index in [2.05, 4.69) is 5.32 Å². The molecule has 0 aliphatic rings. The molecule has 0 aliphatic carbocycles. The number of hydrogen-bond acceptors (Lipinski definition) is 5. The number of nitrogens with zero attached hydrogens (tertiary/aromatic N) is 1. The lowest BCUT2D eigenvalue weighted by molar-refractivity contribution is -0.114. The van der Waals surface area contributed by atoms with E-state index in [0.717, 1.165) is 16.1 Å². The van der Waals surface area contributed by atoms with Crippen LogP contribution in [0.25, 0.3) is 0 Å². The summed E-state index contributed by atoms with van der Waals surface area (Å²) in [7, 11) is -2.25. The normalized spacial score (nSPS) is 11.0. The molecule has 0 atom stereocenters. The number of carbonyl (C=O) groups is 1. The van der Waals surface area contributed by atoms with Gasteiger partial charge >= 0.3 is 0 Å². The molecule has 2 aromatic rings. The third-order valence-electron chi connectivity index (χ3n) is 3.72. The number of rotatable bonds is 8. The first-order valence-corrected chi connectivity index (χ1v) is 10.2. The van der Waals surface area contributed by atoms with Crippen LogP contribution in [0.15, 0.2) is 42.5 Å². The van der Waals surface area contributed by atoms with Crippen LogP contribution in [0.1, 0.15) is 12.5 Å². The van der Waals surface area contributed by atoms with Crippen molar-refractivity contribution in [2.45, 2.75) is 13.8 Å². The van der Waals surface area contributed by atoms with E-state index in [0.29, 0.717) is 29.5 Å². The van der Waals surface area contributed by atoms with Crippen molar-refractivity contribution in [1.29, 1.82) is 0 Å². The van der Waals surface area contributed by atoms with E-state index in [9.17, 15) is 13.2 Å². The van der Waals surface area contributed by atoms with Crippen molar-refractivity contribution in [3.8, 4) is 11.5 Å². The lowest BCUT2D eigenvalue weighted by Crippen LogP contribution is -2.37. The van der Waals surface area contributed by atoms with Crippen LogP contribution in [-0.2, 0) is 14.8 Å². The molecule has 2 aromatic carbocycles. The maximum absolute atomic E-state index is 12.5. The molecular weight excluding hydrogens is 368 g/mol. The van der Waals surface area contributed by atoms with Crippen LogP contribution in [-0.4, -0.2) is 40.8 Å². The molecule has 0 aliphatic heterocycles. The molecule has 0 bridgehead atoms. The van der Waals surface area contributed by atoms with E-state index in [1.54, 1.807) is 36.4 Å². The van der Waals surface area contributed by atoms with E-state index in [1.165, 1.54) is 7.11 Å². The van der Waals surface area contributed by atoms with Gasteiger partial charge in [0.15, 0.2) is 0 Å². The molecule has 0 saturated heterocycles. The van der Waals surface area contributed by atoms with E-state index in [1.807, 2.05) is 19.9 Å². The first-order valence-electron chi connectivity index (χ1n) is 8.39. The quantitative estimate of drug-likeness (QED) is 0.747. The Bertz CT molecular complexity index is 912. The Morgan fingerprint density at radius 2 is 1.93 bits per heavy atom. The number of amides is 1. The summed E-state index contributed by atoms with van der Waals surface area (Å²) < 4.78 is 36.3. The van der Waals surface area contributed by atoms with Crippen LogP contribution < -0.4 is 19.1 Å². The van der Waals surface area contributed by atoms with Crippen molar-refractivity contribution < 1.29 is 22.7 Å². The number of sulfonamides is 1. The van der Waals surface area contributed by atoms with E-state index < -0.39 is 15.9 Å². The topological polar surface area (TPSA) is 84.9 Å². The Hall–Kier alpha value is -2.74. The fourth-order valence-electron chi connectivity index (χ4n) is 2.54. The number of aryl methyl sites for hydroxylation is 1. The second-order valence-electron chi connectivity index (χ2n) is 5.95. The van der Waals surface area contributed by atoms with Crippen LogP contribution in [0.4, 0.5) is 11.4 Å². The summed E-state index contributed by atoms with van der Waals surface area (Å²) in [6, 6.07) is 12.1. The number of benzene rings is 2. The summed E-state index contributed by atoms with van der Waals surface area (Å²) >= 11 is 0. The van der Waals surface area contributed by atoms with Crippen molar-refractivity contribution in [3.05, 3.63) is 48.0 Å². The van der Waals surface area contributed by atoms with Crippen LogP contribution in [0, 0.1) is 6.92 Å². The number of anilines is 2. The summed E-state index contributed by atoms with van der Waals surface area (Å²) in [5.74, 6) is 0.519. The smallest absolute Gasteiger partial charge is 0.245 e. The molecule has 0 unspecified atom stereocenters. The third kappa shape index (κ3) is 5.62. The predicted molar refractivity (Wildman–Crippen MR) is 106 cm³/mol. The molecular formula is C19H24N2O5S. The summed E-state index contributed by atoms with van der Waals surface area (Å²) in [6.45, 7) is 3.83. The minimum absolute atomic E-state index is 0.318. The van der Waals surface area contributed by atoms with Gasteiger partial charge in [-0.15, -0.1) is 0 Å². The molecule has 0 saturated carbocycles. The third-order valence-corrected chi connectivity index (χ3v) is 4.85. The highest BCUT2D eigenvalue weighted by atomic mass is 32.2. The van der Waals surface area contributed by atoms with Gasteiger partial charge in [-0.3, -0.25) is 9.10 Å². The van der Waals surface area contributed by atoms with Gasteiger partial charge in [-0.25, -0.2) is 8.42 Å². The highest BCUT2D eigenvalue weighted by molar-refractivity contribution is 7.92. The van der Waals surface area contributed by atoms with E-state index >= 15 is 0 Å². The molecule has 0 heterocycles. The SMILES string of the molecule is CCOc1cccc(NC(=O)CN(c2cc(C)ccc2OC)S(C)(=O)=O)c1. The van der Waals surface area contributed by atoms with Crippen molar-refractivity contribution in [1.82, 2.24) is 0 Å². The second kappa shape index (κ2) is 8.77. The van der Waals surface area contributed by atoms with Gasteiger partial charge < -0.3 is 14.8 Å². The molecule has 27 heavy (non-hydrogen) atoms. The molecule has 2 rings (SSSR count).